The number of anilines is 1. The Bertz CT molecular complexity index is 1070. The average Bonchev–Trinajstić information content (AvgIpc) is 3.13. The molecule has 0 radical (unpaired) electrons. The molecule has 0 saturated carbocycles. The number of rotatable bonds is 4. The fourth-order valence-electron chi connectivity index (χ4n) is 2.87. The van der Waals surface area contributed by atoms with E-state index in [4.69, 9.17) is 28.9 Å². The van der Waals surface area contributed by atoms with Gasteiger partial charge in [0, 0.05) is 21.8 Å². The van der Waals surface area contributed by atoms with Crippen molar-refractivity contribution in [1.29, 1.82) is 0 Å². The fourth-order valence-corrected chi connectivity index (χ4v) is 3.12. The van der Waals surface area contributed by atoms with Crippen LogP contribution in [-0.2, 0) is 6.54 Å². The van der Waals surface area contributed by atoms with Gasteiger partial charge in [-0.3, -0.25) is 4.68 Å². The van der Waals surface area contributed by atoms with Crippen LogP contribution in [0.3, 0.4) is 0 Å². The predicted octanol–water partition coefficient (Wildman–Crippen LogP) is 4.94. The average molecular weight is 396 g/mol. The highest BCUT2D eigenvalue weighted by Crippen LogP contribution is 2.34. The van der Waals surface area contributed by atoms with E-state index in [1.807, 2.05) is 59.4 Å². The summed E-state index contributed by atoms with van der Waals surface area (Å²) in [5.41, 5.74) is 10.5. The van der Waals surface area contributed by atoms with E-state index in [2.05, 4.69) is 15.1 Å². The molecule has 2 N–H and O–H groups in total. The zero-order valence-electron chi connectivity index (χ0n) is 14.2. The van der Waals surface area contributed by atoms with Crippen LogP contribution < -0.4 is 5.73 Å². The molecule has 0 amide bonds. The Hall–Kier alpha value is -2.89. The van der Waals surface area contributed by atoms with E-state index in [1.165, 1.54) is 6.33 Å². The second-order valence-corrected chi connectivity index (χ2v) is 6.92. The molecular formula is C20H15Cl2N5. The topological polar surface area (TPSA) is 69.6 Å². The van der Waals surface area contributed by atoms with Crippen LogP contribution in [0.2, 0.25) is 10.0 Å². The Balaban J connectivity index is 1.70. The largest absolute Gasteiger partial charge is 0.383 e. The van der Waals surface area contributed by atoms with Gasteiger partial charge in [-0.1, -0.05) is 47.5 Å². The molecule has 27 heavy (non-hydrogen) atoms. The molecule has 0 atom stereocenters. The monoisotopic (exact) mass is 395 g/mol. The number of nitrogens with zero attached hydrogens (tertiary/aromatic N) is 4. The van der Waals surface area contributed by atoms with Gasteiger partial charge in [0.05, 0.1) is 24.0 Å². The minimum absolute atomic E-state index is 0.410. The lowest BCUT2D eigenvalue weighted by molar-refractivity contribution is 0.687. The molecule has 7 heteroatoms. The third-order valence-electron chi connectivity index (χ3n) is 4.17. The van der Waals surface area contributed by atoms with Crippen LogP contribution in [0.5, 0.6) is 0 Å². The highest BCUT2D eigenvalue weighted by molar-refractivity contribution is 6.30. The molecule has 0 bridgehead atoms. The predicted molar refractivity (Wildman–Crippen MR) is 109 cm³/mol. The van der Waals surface area contributed by atoms with Gasteiger partial charge in [-0.2, -0.15) is 5.10 Å². The van der Waals surface area contributed by atoms with Crippen LogP contribution in [0.4, 0.5) is 5.82 Å². The number of nitrogens with two attached hydrogens (primary N) is 1. The van der Waals surface area contributed by atoms with Gasteiger partial charge in [0.15, 0.2) is 0 Å². The Morgan fingerprint density at radius 1 is 0.852 bits per heavy atom. The van der Waals surface area contributed by atoms with Crippen LogP contribution in [0, 0.1) is 0 Å². The summed E-state index contributed by atoms with van der Waals surface area (Å²) in [6, 6.07) is 15.1. The van der Waals surface area contributed by atoms with Gasteiger partial charge in [-0.15, -0.1) is 0 Å². The van der Waals surface area contributed by atoms with Gasteiger partial charge in [-0.25, -0.2) is 9.97 Å². The number of hydrogen-bond acceptors (Lipinski definition) is 4. The molecule has 5 nitrogen and oxygen atoms in total. The lowest BCUT2D eigenvalue weighted by Gasteiger charge is -2.09. The quantitative estimate of drug-likeness (QED) is 0.530. The highest BCUT2D eigenvalue weighted by atomic mass is 35.5. The second kappa shape index (κ2) is 7.39. The maximum absolute atomic E-state index is 6.15. The minimum Gasteiger partial charge on any atom is -0.383 e. The van der Waals surface area contributed by atoms with E-state index < -0.39 is 0 Å². The molecule has 2 aromatic heterocycles. The summed E-state index contributed by atoms with van der Waals surface area (Å²) in [5.74, 6) is 0.410. The fraction of sp³-hybridized carbons (Fsp3) is 0.0500. The summed E-state index contributed by atoms with van der Waals surface area (Å²) < 4.78 is 1.85. The first kappa shape index (κ1) is 17.5. The van der Waals surface area contributed by atoms with Crippen molar-refractivity contribution in [2.24, 2.45) is 0 Å². The molecule has 4 aromatic rings. The Kier molecular flexibility index (Phi) is 4.79. The van der Waals surface area contributed by atoms with Gasteiger partial charge in [0.2, 0.25) is 0 Å². The summed E-state index contributed by atoms with van der Waals surface area (Å²) in [5, 5.41) is 5.82. The number of hydrogen-bond donors (Lipinski definition) is 1. The summed E-state index contributed by atoms with van der Waals surface area (Å²) >= 11 is 11.9. The maximum atomic E-state index is 6.15. The lowest BCUT2D eigenvalue weighted by atomic mass is 10.0. The third kappa shape index (κ3) is 3.79. The summed E-state index contributed by atoms with van der Waals surface area (Å²) in [6.45, 7) is 0.633. The number of aromatic nitrogens is 4. The molecular weight excluding hydrogens is 381 g/mol. The molecule has 4 rings (SSSR count). The van der Waals surface area contributed by atoms with Crippen molar-refractivity contribution in [1.82, 2.24) is 19.7 Å². The second-order valence-electron chi connectivity index (χ2n) is 6.04. The van der Waals surface area contributed by atoms with Crippen molar-refractivity contribution < 1.29 is 0 Å². The van der Waals surface area contributed by atoms with E-state index in [-0.39, 0.29) is 0 Å². The number of benzene rings is 2. The van der Waals surface area contributed by atoms with Crippen molar-refractivity contribution in [3.63, 3.8) is 0 Å². The number of halogens is 2. The van der Waals surface area contributed by atoms with Gasteiger partial charge in [-0.05, 0) is 35.4 Å². The normalized spacial score (nSPS) is 10.9. The van der Waals surface area contributed by atoms with Crippen molar-refractivity contribution in [2.75, 3.05) is 5.73 Å². The molecule has 0 aliphatic carbocycles. The van der Waals surface area contributed by atoms with Crippen molar-refractivity contribution in [3.05, 3.63) is 82.9 Å². The lowest BCUT2D eigenvalue weighted by Crippen LogP contribution is -2.00. The summed E-state index contributed by atoms with van der Waals surface area (Å²) in [6.07, 6.45) is 5.17. The van der Waals surface area contributed by atoms with E-state index in [9.17, 15) is 0 Å². The van der Waals surface area contributed by atoms with Crippen molar-refractivity contribution in [3.8, 4) is 22.4 Å². The molecule has 2 aromatic carbocycles. The van der Waals surface area contributed by atoms with Gasteiger partial charge in [0.25, 0.3) is 0 Å². The van der Waals surface area contributed by atoms with E-state index >= 15 is 0 Å². The molecule has 0 saturated heterocycles. The van der Waals surface area contributed by atoms with Gasteiger partial charge < -0.3 is 5.73 Å². The van der Waals surface area contributed by atoms with Gasteiger partial charge >= 0.3 is 0 Å². The SMILES string of the molecule is Nc1ncnc(-c2cnn(Cc3ccc(Cl)cc3)c2)c1-c1ccc(Cl)cc1. The zero-order chi connectivity index (χ0) is 18.8. The standard InChI is InChI=1S/C20H15Cl2N5/c21-16-5-1-13(2-6-16)10-27-11-15(9-26-27)19-18(20(23)25-12-24-19)14-3-7-17(22)8-4-14/h1-9,11-12H,10H2,(H2,23,24,25). The van der Waals surface area contributed by atoms with Crippen LogP contribution in [-0.4, -0.2) is 19.7 Å². The number of nitrogen functional groups attached to an aromatic ring is 1. The maximum Gasteiger partial charge on any atom is 0.135 e. The first-order valence-electron chi connectivity index (χ1n) is 8.24. The first-order valence-corrected chi connectivity index (χ1v) is 8.99. The van der Waals surface area contributed by atoms with Crippen LogP contribution in [0.25, 0.3) is 22.4 Å². The molecule has 0 fully saturated rings. The third-order valence-corrected chi connectivity index (χ3v) is 4.68. The Morgan fingerprint density at radius 3 is 2.22 bits per heavy atom. The summed E-state index contributed by atoms with van der Waals surface area (Å²) in [7, 11) is 0. The molecule has 134 valence electrons. The highest BCUT2D eigenvalue weighted by Gasteiger charge is 2.15. The molecule has 0 unspecified atom stereocenters. The van der Waals surface area contributed by atoms with E-state index in [0.717, 1.165) is 27.9 Å². The molecule has 0 aliphatic rings. The molecule has 0 aliphatic heterocycles. The summed E-state index contributed by atoms with van der Waals surface area (Å²) in [4.78, 5) is 8.59. The minimum atomic E-state index is 0.410. The van der Waals surface area contributed by atoms with E-state index in [1.54, 1.807) is 6.20 Å². The van der Waals surface area contributed by atoms with E-state index in [0.29, 0.717) is 22.4 Å². The van der Waals surface area contributed by atoms with Crippen LogP contribution in [0.15, 0.2) is 67.3 Å². The smallest absolute Gasteiger partial charge is 0.135 e. The van der Waals surface area contributed by atoms with Crippen LogP contribution >= 0.6 is 23.2 Å². The Morgan fingerprint density at radius 2 is 1.52 bits per heavy atom. The first-order chi connectivity index (χ1) is 13.1. The zero-order valence-corrected chi connectivity index (χ0v) is 15.7. The van der Waals surface area contributed by atoms with Crippen LogP contribution in [0.1, 0.15) is 5.56 Å². The molecule has 2 heterocycles. The van der Waals surface area contributed by atoms with Crippen molar-refractivity contribution in [2.45, 2.75) is 6.54 Å². The molecule has 0 spiro atoms. The van der Waals surface area contributed by atoms with Crippen molar-refractivity contribution >= 4 is 29.0 Å². The van der Waals surface area contributed by atoms with Gasteiger partial charge in [0.1, 0.15) is 12.1 Å². The Labute approximate surface area is 166 Å².